The highest BCUT2D eigenvalue weighted by molar-refractivity contribution is 7.89. The van der Waals surface area contributed by atoms with E-state index in [1.807, 2.05) is 17.0 Å². The van der Waals surface area contributed by atoms with Gasteiger partial charge in [-0.3, -0.25) is 15.0 Å². The predicted octanol–water partition coefficient (Wildman–Crippen LogP) is 0.768. The Morgan fingerprint density at radius 2 is 1.72 bits per heavy atom. The number of amides is 1. The number of aromatic nitrogens is 5. The monoisotopic (exact) mass is 516 g/mol. The fraction of sp³-hybridized carbons (Fsp3) is 0.364. The molecule has 0 radical (unpaired) electrons. The Morgan fingerprint density at radius 3 is 2.33 bits per heavy atom. The summed E-state index contributed by atoms with van der Waals surface area (Å²) in [5, 5.41) is 10.3. The summed E-state index contributed by atoms with van der Waals surface area (Å²) in [5.74, 6) is -0.288. The summed E-state index contributed by atoms with van der Waals surface area (Å²) in [7, 11) is -3.80. The highest BCUT2D eigenvalue weighted by Gasteiger charge is 2.32. The quantitative estimate of drug-likeness (QED) is 0.233. The van der Waals surface area contributed by atoms with Crippen LogP contribution < -0.4 is 4.90 Å². The third-order valence-corrected chi connectivity index (χ3v) is 7.77. The Labute approximate surface area is 207 Å². The first kappa shape index (κ1) is 25.5. The Hall–Kier alpha value is -3.62. The fourth-order valence-corrected chi connectivity index (χ4v) is 5.56. The van der Waals surface area contributed by atoms with Crippen molar-refractivity contribution in [3.05, 3.63) is 61.0 Å². The first-order valence-electron chi connectivity index (χ1n) is 11.2. The number of piperazine rings is 1. The number of hydrogen-bond donors (Lipinski definition) is 1. The van der Waals surface area contributed by atoms with E-state index >= 15 is 0 Å². The van der Waals surface area contributed by atoms with Gasteiger partial charge in [-0.05, 0) is 12.5 Å². The minimum atomic E-state index is -3.80. The number of carbonyl (C=O) groups is 1. The van der Waals surface area contributed by atoms with Crippen LogP contribution in [0.5, 0.6) is 0 Å². The fourth-order valence-electron chi connectivity index (χ4n) is 3.82. The van der Waals surface area contributed by atoms with E-state index in [1.54, 1.807) is 24.8 Å². The van der Waals surface area contributed by atoms with Crippen LogP contribution in [0.25, 0.3) is 11.1 Å². The number of aryl methyl sites for hydroxylation is 1. The van der Waals surface area contributed by atoms with Gasteiger partial charge >= 0.3 is 0 Å². The molecular formula is C22H25FN8O4S. The van der Waals surface area contributed by atoms with E-state index in [4.69, 9.17) is 0 Å². The number of hydroxylamine groups is 2. The van der Waals surface area contributed by atoms with Crippen molar-refractivity contribution in [3.8, 4) is 11.1 Å². The first-order valence-corrected chi connectivity index (χ1v) is 12.8. The van der Waals surface area contributed by atoms with Gasteiger partial charge < -0.3 is 4.90 Å². The van der Waals surface area contributed by atoms with Crippen molar-refractivity contribution in [2.75, 3.05) is 36.8 Å². The zero-order valence-electron chi connectivity index (χ0n) is 19.3. The molecule has 4 rings (SSSR count). The molecular weight excluding hydrogens is 491 g/mol. The molecule has 0 bridgehead atoms. The normalized spacial score (nSPS) is 15.4. The molecule has 0 aromatic carbocycles. The van der Waals surface area contributed by atoms with E-state index in [0.717, 1.165) is 23.5 Å². The van der Waals surface area contributed by atoms with Crippen LogP contribution in [-0.4, -0.2) is 92.3 Å². The lowest BCUT2D eigenvalue weighted by Gasteiger charge is -2.35. The minimum absolute atomic E-state index is 0.0805. The zero-order valence-corrected chi connectivity index (χ0v) is 20.1. The van der Waals surface area contributed by atoms with Crippen LogP contribution in [0.4, 0.5) is 10.3 Å². The van der Waals surface area contributed by atoms with Gasteiger partial charge in [-0.2, -0.15) is 4.31 Å². The Kier molecular flexibility index (Phi) is 8.07. The maximum absolute atomic E-state index is 13.1. The summed E-state index contributed by atoms with van der Waals surface area (Å²) >= 11 is 0. The number of nitrogens with zero attached hydrogens (tertiary/aromatic N) is 8. The number of sulfonamides is 1. The molecule has 1 N–H and O–H groups in total. The van der Waals surface area contributed by atoms with Crippen molar-refractivity contribution in [2.45, 2.75) is 18.9 Å². The third kappa shape index (κ3) is 6.33. The lowest BCUT2D eigenvalue weighted by atomic mass is 10.2. The molecule has 190 valence electrons. The van der Waals surface area contributed by atoms with E-state index in [1.165, 1.54) is 4.31 Å². The van der Waals surface area contributed by atoms with Gasteiger partial charge in [0.05, 0.1) is 24.2 Å². The molecule has 0 spiro atoms. The van der Waals surface area contributed by atoms with Gasteiger partial charge in [0, 0.05) is 68.5 Å². The van der Waals surface area contributed by atoms with E-state index in [2.05, 4.69) is 24.9 Å². The SMILES string of the molecule is O=CN(O)C(CCc1ncc(F)cn1)CS(=O)(=O)N1CCN(c2ncc(-c3cccnc3)cn2)CC1. The van der Waals surface area contributed by atoms with Gasteiger partial charge in [0.2, 0.25) is 22.4 Å². The van der Waals surface area contributed by atoms with Crippen LogP contribution in [0.1, 0.15) is 12.2 Å². The lowest BCUT2D eigenvalue weighted by Crippen LogP contribution is -2.51. The molecule has 3 aromatic rings. The molecule has 0 saturated carbocycles. The second-order valence-electron chi connectivity index (χ2n) is 8.17. The van der Waals surface area contributed by atoms with Gasteiger partial charge in [-0.25, -0.2) is 37.8 Å². The maximum Gasteiger partial charge on any atom is 0.233 e. The maximum atomic E-state index is 13.1. The van der Waals surface area contributed by atoms with Crippen molar-refractivity contribution in [2.24, 2.45) is 0 Å². The minimum Gasteiger partial charge on any atom is -0.338 e. The average Bonchev–Trinajstić information content (AvgIpc) is 2.92. The third-order valence-electron chi connectivity index (χ3n) is 5.81. The Bertz CT molecular complexity index is 1240. The smallest absolute Gasteiger partial charge is 0.233 e. The molecule has 4 heterocycles. The summed E-state index contributed by atoms with van der Waals surface area (Å²) in [6.07, 6.45) is 9.21. The summed E-state index contributed by atoms with van der Waals surface area (Å²) in [6, 6.07) is 2.73. The van der Waals surface area contributed by atoms with Crippen LogP contribution in [0.2, 0.25) is 0 Å². The molecule has 36 heavy (non-hydrogen) atoms. The summed E-state index contributed by atoms with van der Waals surface area (Å²) in [4.78, 5) is 33.6. The van der Waals surface area contributed by atoms with Crippen LogP contribution >= 0.6 is 0 Å². The van der Waals surface area contributed by atoms with E-state index in [9.17, 15) is 22.8 Å². The molecule has 1 saturated heterocycles. The topological polar surface area (TPSA) is 146 Å². The number of pyridine rings is 1. The number of rotatable bonds is 10. The first-order chi connectivity index (χ1) is 17.4. The van der Waals surface area contributed by atoms with Gasteiger partial charge in [0.1, 0.15) is 5.82 Å². The molecule has 12 nitrogen and oxygen atoms in total. The predicted molar refractivity (Wildman–Crippen MR) is 127 cm³/mol. The van der Waals surface area contributed by atoms with E-state index < -0.39 is 27.6 Å². The molecule has 1 fully saturated rings. The van der Waals surface area contributed by atoms with Crippen molar-refractivity contribution in [1.29, 1.82) is 0 Å². The second-order valence-corrected chi connectivity index (χ2v) is 10.2. The number of anilines is 1. The molecule has 14 heteroatoms. The molecule has 3 aromatic heterocycles. The number of halogens is 1. The van der Waals surface area contributed by atoms with Gasteiger partial charge in [0.15, 0.2) is 5.82 Å². The zero-order chi connectivity index (χ0) is 25.5. The Balaban J connectivity index is 1.34. The van der Waals surface area contributed by atoms with Crippen molar-refractivity contribution in [3.63, 3.8) is 0 Å². The molecule has 1 amide bonds. The van der Waals surface area contributed by atoms with Gasteiger partial charge in [-0.1, -0.05) is 6.07 Å². The molecule has 1 aliphatic heterocycles. The van der Waals surface area contributed by atoms with Crippen molar-refractivity contribution >= 4 is 22.4 Å². The highest BCUT2D eigenvalue weighted by atomic mass is 32.2. The van der Waals surface area contributed by atoms with Crippen molar-refractivity contribution < 1.29 is 22.8 Å². The molecule has 1 unspecified atom stereocenters. The van der Waals surface area contributed by atoms with Crippen LogP contribution in [-0.2, 0) is 21.2 Å². The van der Waals surface area contributed by atoms with Gasteiger partial charge in [-0.15, -0.1) is 0 Å². The molecule has 1 aliphatic rings. The van der Waals surface area contributed by atoms with E-state index in [-0.39, 0.29) is 38.2 Å². The Morgan fingerprint density at radius 1 is 1.03 bits per heavy atom. The highest BCUT2D eigenvalue weighted by Crippen LogP contribution is 2.20. The average molecular weight is 517 g/mol. The van der Waals surface area contributed by atoms with Crippen LogP contribution in [0.15, 0.2) is 49.3 Å². The molecule has 0 aliphatic carbocycles. The second kappa shape index (κ2) is 11.4. The molecule has 1 atom stereocenters. The van der Waals surface area contributed by atoms with Crippen LogP contribution in [0, 0.1) is 5.82 Å². The summed E-state index contributed by atoms with van der Waals surface area (Å²) in [5.41, 5.74) is 1.72. The summed E-state index contributed by atoms with van der Waals surface area (Å²) < 4.78 is 40.4. The number of carbonyl (C=O) groups excluding carboxylic acids is 1. The summed E-state index contributed by atoms with van der Waals surface area (Å²) in [6.45, 7) is 1.18. The standard InChI is InChI=1S/C22H25FN8O4S/c23-19-13-25-21(26-14-19)4-3-20(31(33)16-32)15-36(34,35)30-8-6-29(7-9-30)22-27-11-18(12-28-22)17-2-1-5-24-10-17/h1-2,5,10-14,16,20,33H,3-4,6-9,15H2. The van der Waals surface area contributed by atoms with Gasteiger partial charge in [0.25, 0.3) is 0 Å². The van der Waals surface area contributed by atoms with E-state index in [0.29, 0.717) is 24.1 Å². The number of hydrogen-bond acceptors (Lipinski definition) is 10. The van der Waals surface area contributed by atoms with Crippen LogP contribution in [0.3, 0.4) is 0 Å². The van der Waals surface area contributed by atoms with Crippen molar-refractivity contribution in [1.82, 2.24) is 34.3 Å². The lowest BCUT2D eigenvalue weighted by molar-refractivity contribution is -0.158. The largest absolute Gasteiger partial charge is 0.338 e.